The van der Waals surface area contributed by atoms with Gasteiger partial charge >= 0.3 is 0 Å². The standard InChI is InChI=1S/C14H10Br3FO/c1-19-12-6-5-8(15)7-9(12)14(17)13-10(16)3-2-4-11(13)18/h2-7,14H,1H3. The zero-order valence-corrected chi connectivity index (χ0v) is 14.7. The van der Waals surface area contributed by atoms with Crippen molar-refractivity contribution in [2.75, 3.05) is 7.11 Å². The van der Waals surface area contributed by atoms with E-state index in [2.05, 4.69) is 47.8 Å². The summed E-state index contributed by atoms with van der Waals surface area (Å²) in [6.07, 6.45) is 0. The zero-order valence-electron chi connectivity index (χ0n) is 9.96. The molecular formula is C14H10Br3FO. The molecule has 0 aliphatic rings. The van der Waals surface area contributed by atoms with Gasteiger partial charge in [0.05, 0.1) is 11.9 Å². The van der Waals surface area contributed by atoms with Crippen LogP contribution in [-0.2, 0) is 0 Å². The van der Waals surface area contributed by atoms with Gasteiger partial charge in [-0.05, 0) is 30.3 Å². The van der Waals surface area contributed by atoms with Crippen molar-refractivity contribution in [2.45, 2.75) is 4.83 Å². The first-order valence-electron chi connectivity index (χ1n) is 5.46. The Balaban J connectivity index is 2.55. The van der Waals surface area contributed by atoms with Crippen molar-refractivity contribution in [1.82, 2.24) is 0 Å². The highest BCUT2D eigenvalue weighted by atomic mass is 79.9. The van der Waals surface area contributed by atoms with Gasteiger partial charge < -0.3 is 4.74 Å². The van der Waals surface area contributed by atoms with E-state index in [0.717, 1.165) is 14.5 Å². The molecule has 2 aromatic carbocycles. The van der Waals surface area contributed by atoms with Crippen LogP contribution in [0.4, 0.5) is 4.39 Å². The Bertz CT molecular complexity index is 581. The number of hydrogen-bond donors (Lipinski definition) is 0. The lowest BCUT2D eigenvalue weighted by atomic mass is 10.0. The lowest BCUT2D eigenvalue weighted by Crippen LogP contribution is -2.00. The zero-order chi connectivity index (χ0) is 14.0. The molecule has 100 valence electrons. The fraction of sp³-hybridized carbons (Fsp3) is 0.143. The molecule has 0 aliphatic heterocycles. The lowest BCUT2D eigenvalue weighted by Gasteiger charge is -2.17. The number of benzene rings is 2. The van der Waals surface area contributed by atoms with E-state index in [-0.39, 0.29) is 10.6 Å². The Morgan fingerprint density at radius 2 is 1.89 bits per heavy atom. The van der Waals surface area contributed by atoms with E-state index >= 15 is 0 Å². The van der Waals surface area contributed by atoms with Crippen LogP contribution >= 0.6 is 47.8 Å². The van der Waals surface area contributed by atoms with Crippen molar-refractivity contribution >= 4 is 47.8 Å². The summed E-state index contributed by atoms with van der Waals surface area (Å²) in [6, 6.07) is 10.6. The fourth-order valence-corrected chi connectivity index (χ4v) is 3.89. The van der Waals surface area contributed by atoms with Crippen LogP contribution in [0.3, 0.4) is 0 Å². The van der Waals surface area contributed by atoms with E-state index < -0.39 is 0 Å². The van der Waals surface area contributed by atoms with Gasteiger partial charge in [0.1, 0.15) is 11.6 Å². The summed E-state index contributed by atoms with van der Waals surface area (Å²) < 4.78 is 21.0. The summed E-state index contributed by atoms with van der Waals surface area (Å²) in [6.45, 7) is 0. The molecule has 1 unspecified atom stereocenters. The van der Waals surface area contributed by atoms with Gasteiger partial charge in [-0.15, -0.1) is 0 Å². The molecular weight excluding hydrogens is 443 g/mol. The molecule has 1 nitrogen and oxygen atoms in total. The maximum Gasteiger partial charge on any atom is 0.129 e. The molecule has 0 aromatic heterocycles. The summed E-state index contributed by atoms with van der Waals surface area (Å²) in [7, 11) is 1.60. The molecule has 0 N–H and O–H groups in total. The molecule has 2 rings (SSSR count). The Hall–Kier alpha value is -0.390. The number of methoxy groups -OCH3 is 1. The average Bonchev–Trinajstić information content (AvgIpc) is 2.38. The van der Waals surface area contributed by atoms with Crippen molar-refractivity contribution < 1.29 is 9.13 Å². The van der Waals surface area contributed by atoms with Crippen molar-refractivity contribution in [2.24, 2.45) is 0 Å². The molecule has 0 heterocycles. The molecule has 5 heteroatoms. The van der Waals surface area contributed by atoms with Gasteiger partial charge in [-0.3, -0.25) is 0 Å². The summed E-state index contributed by atoms with van der Waals surface area (Å²) >= 11 is 10.4. The second-order valence-electron chi connectivity index (χ2n) is 3.88. The molecule has 0 bridgehead atoms. The van der Waals surface area contributed by atoms with Crippen molar-refractivity contribution in [1.29, 1.82) is 0 Å². The topological polar surface area (TPSA) is 9.23 Å². The maximum atomic E-state index is 14.0. The number of ether oxygens (including phenoxy) is 1. The Labute approximate surface area is 136 Å². The fourth-order valence-electron chi connectivity index (χ4n) is 1.81. The highest BCUT2D eigenvalue weighted by Crippen LogP contribution is 2.41. The minimum Gasteiger partial charge on any atom is -0.496 e. The maximum absolute atomic E-state index is 14.0. The van der Waals surface area contributed by atoms with Gasteiger partial charge in [0, 0.05) is 20.1 Å². The smallest absolute Gasteiger partial charge is 0.129 e. The van der Waals surface area contributed by atoms with Gasteiger partial charge in [-0.2, -0.15) is 0 Å². The summed E-state index contributed by atoms with van der Waals surface area (Å²) in [5.41, 5.74) is 1.42. The monoisotopic (exact) mass is 450 g/mol. The van der Waals surface area contributed by atoms with Crippen LogP contribution < -0.4 is 4.74 Å². The highest BCUT2D eigenvalue weighted by Gasteiger charge is 2.21. The van der Waals surface area contributed by atoms with Gasteiger partial charge in [0.2, 0.25) is 0 Å². The molecule has 0 saturated carbocycles. The summed E-state index contributed by atoms with van der Waals surface area (Å²) in [5, 5.41) is 0. The number of hydrogen-bond acceptors (Lipinski definition) is 1. The second-order valence-corrected chi connectivity index (χ2v) is 6.57. The normalized spacial score (nSPS) is 12.3. The lowest BCUT2D eigenvalue weighted by molar-refractivity contribution is 0.410. The van der Waals surface area contributed by atoms with Crippen molar-refractivity contribution in [3.05, 3.63) is 62.3 Å². The molecule has 0 fully saturated rings. The minimum absolute atomic E-state index is 0.265. The molecule has 0 aliphatic carbocycles. The third kappa shape index (κ3) is 3.20. The van der Waals surface area contributed by atoms with E-state index in [9.17, 15) is 4.39 Å². The van der Waals surface area contributed by atoms with Crippen molar-refractivity contribution in [3.63, 3.8) is 0 Å². The largest absolute Gasteiger partial charge is 0.496 e. The highest BCUT2D eigenvalue weighted by molar-refractivity contribution is 9.11. The van der Waals surface area contributed by atoms with Crippen LogP contribution in [0.2, 0.25) is 0 Å². The Morgan fingerprint density at radius 3 is 2.53 bits per heavy atom. The SMILES string of the molecule is COc1ccc(Br)cc1C(Br)c1c(F)cccc1Br. The Kier molecular flexibility index (Phi) is 5.03. The molecule has 0 amide bonds. The summed E-state index contributed by atoms with van der Waals surface area (Å²) in [5.74, 6) is 0.443. The number of halogens is 4. The quantitative estimate of drug-likeness (QED) is 0.531. The van der Waals surface area contributed by atoms with E-state index in [1.807, 2.05) is 24.3 Å². The summed E-state index contributed by atoms with van der Waals surface area (Å²) in [4.78, 5) is -0.296. The molecule has 0 spiro atoms. The second kappa shape index (κ2) is 6.37. The first kappa shape index (κ1) is 15.0. The minimum atomic E-state index is -0.296. The number of rotatable bonds is 3. The van der Waals surface area contributed by atoms with Gasteiger partial charge in [-0.1, -0.05) is 53.9 Å². The van der Waals surface area contributed by atoms with Crippen LogP contribution in [0.1, 0.15) is 16.0 Å². The van der Waals surface area contributed by atoms with E-state index in [1.54, 1.807) is 13.2 Å². The molecule has 2 aromatic rings. The predicted octanol–water partition coefficient (Wildman–Crippen LogP) is 5.84. The number of alkyl halides is 1. The van der Waals surface area contributed by atoms with Crippen LogP contribution in [0.25, 0.3) is 0 Å². The predicted molar refractivity (Wildman–Crippen MR) is 85.6 cm³/mol. The van der Waals surface area contributed by atoms with Gasteiger partial charge in [0.15, 0.2) is 0 Å². The third-order valence-corrected chi connectivity index (χ3v) is 4.85. The van der Waals surface area contributed by atoms with Gasteiger partial charge in [-0.25, -0.2) is 4.39 Å². The van der Waals surface area contributed by atoms with Crippen LogP contribution in [0, 0.1) is 5.82 Å². The molecule has 1 atom stereocenters. The molecule has 0 saturated heterocycles. The van der Waals surface area contributed by atoms with E-state index in [1.165, 1.54) is 6.07 Å². The van der Waals surface area contributed by atoms with Crippen molar-refractivity contribution in [3.8, 4) is 5.75 Å². The molecule has 0 radical (unpaired) electrons. The first-order valence-corrected chi connectivity index (χ1v) is 7.96. The van der Waals surface area contributed by atoms with Gasteiger partial charge in [0.25, 0.3) is 0 Å². The molecule has 19 heavy (non-hydrogen) atoms. The van der Waals surface area contributed by atoms with Crippen LogP contribution in [0.15, 0.2) is 45.3 Å². The Morgan fingerprint density at radius 1 is 1.16 bits per heavy atom. The first-order chi connectivity index (χ1) is 9.04. The van der Waals surface area contributed by atoms with Crippen LogP contribution in [-0.4, -0.2) is 7.11 Å². The third-order valence-electron chi connectivity index (χ3n) is 2.72. The van der Waals surface area contributed by atoms with E-state index in [0.29, 0.717) is 11.3 Å². The van der Waals surface area contributed by atoms with Crippen LogP contribution in [0.5, 0.6) is 5.75 Å². The van der Waals surface area contributed by atoms with E-state index in [4.69, 9.17) is 4.74 Å². The average molecular weight is 453 g/mol.